The monoisotopic (exact) mass is 164 g/mol. The van der Waals surface area contributed by atoms with E-state index in [4.69, 9.17) is 4.74 Å². The highest BCUT2D eigenvalue weighted by atomic mass is 16.8. The fraction of sp³-hybridized carbons (Fsp3) is 0.222. The lowest BCUT2D eigenvalue weighted by molar-refractivity contribution is 0.118. The molecule has 1 aromatic carbocycles. The molecule has 1 aliphatic heterocycles. The van der Waals surface area contributed by atoms with Gasteiger partial charge in [-0.1, -0.05) is 30.3 Å². The van der Waals surface area contributed by atoms with Crippen molar-refractivity contribution in [3.63, 3.8) is 0 Å². The molecule has 3 heteroatoms. The molecule has 0 spiro atoms. The second-order valence-corrected chi connectivity index (χ2v) is 2.58. The number of rotatable bonds is 1. The van der Waals surface area contributed by atoms with E-state index in [0.717, 1.165) is 5.56 Å². The first-order valence-corrected chi connectivity index (χ1v) is 3.74. The first-order chi connectivity index (χ1) is 5.86. The highest BCUT2D eigenvalue weighted by Crippen LogP contribution is 2.22. The predicted octanol–water partition coefficient (Wildman–Crippen LogP) is 1.89. The predicted molar refractivity (Wildman–Crippen MR) is 41.6 cm³/mol. The molecule has 1 unspecified atom stereocenters. The van der Waals surface area contributed by atoms with Crippen LogP contribution in [0.2, 0.25) is 0 Å². The van der Waals surface area contributed by atoms with Gasteiger partial charge in [0.15, 0.2) is 6.10 Å². The number of cyclic esters (lactones) is 2. The number of hydrogen-bond acceptors (Lipinski definition) is 3. The molecule has 3 nitrogen and oxygen atoms in total. The summed E-state index contributed by atoms with van der Waals surface area (Å²) in [6, 6.07) is 9.55. The van der Waals surface area contributed by atoms with Crippen LogP contribution in [0, 0.1) is 0 Å². The Bertz CT molecular complexity index is 281. The highest BCUT2D eigenvalue weighted by Gasteiger charge is 2.25. The maximum absolute atomic E-state index is 10.6. The maximum Gasteiger partial charge on any atom is 0.509 e. The lowest BCUT2D eigenvalue weighted by Gasteiger charge is -2.04. The van der Waals surface area contributed by atoms with E-state index in [2.05, 4.69) is 4.74 Å². The molecule has 0 bridgehead atoms. The number of ether oxygens (including phenoxy) is 2. The van der Waals surface area contributed by atoms with Crippen molar-refractivity contribution in [1.29, 1.82) is 0 Å². The van der Waals surface area contributed by atoms with E-state index in [9.17, 15) is 4.79 Å². The summed E-state index contributed by atoms with van der Waals surface area (Å²) < 4.78 is 9.54. The molecule has 12 heavy (non-hydrogen) atoms. The Morgan fingerprint density at radius 1 is 1.25 bits per heavy atom. The minimum absolute atomic E-state index is 0.223. The molecule has 0 aromatic heterocycles. The Balaban J connectivity index is 2.16. The first kappa shape index (κ1) is 7.16. The molecule has 0 amide bonds. The number of benzene rings is 1. The van der Waals surface area contributed by atoms with Crippen molar-refractivity contribution >= 4 is 6.16 Å². The van der Waals surface area contributed by atoms with Crippen molar-refractivity contribution in [3.8, 4) is 0 Å². The summed E-state index contributed by atoms with van der Waals surface area (Å²) in [7, 11) is 0. The van der Waals surface area contributed by atoms with Gasteiger partial charge in [0.05, 0.1) is 0 Å². The largest absolute Gasteiger partial charge is 0.509 e. The van der Waals surface area contributed by atoms with Gasteiger partial charge in [-0.05, 0) is 5.56 Å². The Morgan fingerprint density at radius 2 is 2.00 bits per heavy atom. The molecule has 1 fully saturated rings. The van der Waals surface area contributed by atoms with Crippen molar-refractivity contribution < 1.29 is 14.3 Å². The van der Waals surface area contributed by atoms with Crippen LogP contribution in [0.15, 0.2) is 30.3 Å². The van der Waals surface area contributed by atoms with E-state index in [1.54, 1.807) is 0 Å². The standard InChI is InChI=1S/C9H8O3/c10-9-11-6-8(12-9)7-4-2-1-3-5-7/h1-5,8H,6H2. The van der Waals surface area contributed by atoms with Gasteiger partial charge in [0, 0.05) is 0 Å². The summed E-state index contributed by atoms with van der Waals surface area (Å²) in [6.07, 6.45) is -0.803. The van der Waals surface area contributed by atoms with Crippen LogP contribution in [0.3, 0.4) is 0 Å². The van der Waals surface area contributed by atoms with Gasteiger partial charge in [-0.15, -0.1) is 0 Å². The van der Waals surface area contributed by atoms with E-state index >= 15 is 0 Å². The summed E-state index contributed by atoms with van der Waals surface area (Å²) in [5, 5.41) is 0. The fourth-order valence-corrected chi connectivity index (χ4v) is 1.16. The molecule has 62 valence electrons. The Hall–Kier alpha value is -1.51. The van der Waals surface area contributed by atoms with Gasteiger partial charge in [0.2, 0.25) is 0 Å². The van der Waals surface area contributed by atoms with Crippen LogP contribution in [0.5, 0.6) is 0 Å². The lowest BCUT2D eigenvalue weighted by Crippen LogP contribution is -1.99. The molecule has 2 rings (SSSR count). The average molecular weight is 164 g/mol. The zero-order valence-corrected chi connectivity index (χ0v) is 6.40. The number of hydrogen-bond donors (Lipinski definition) is 0. The molecule has 1 aliphatic rings. The summed E-state index contributed by atoms with van der Waals surface area (Å²) in [5.74, 6) is 0. The molecule has 0 aliphatic carbocycles. The SMILES string of the molecule is O=C1OCC(c2ccccc2)O1. The van der Waals surface area contributed by atoms with Crippen molar-refractivity contribution in [2.24, 2.45) is 0 Å². The lowest BCUT2D eigenvalue weighted by atomic mass is 10.1. The third-order valence-corrected chi connectivity index (χ3v) is 1.76. The Kier molecular flexibility index (Phi) is 1.70. The smallest absolute Gasteiger partial charge is 0.430 e. The summed E-state index contributed by atoms with van der Waals surface area (Å²) >= 11 is 0. The van der Waals surface area contributed by atoms with Gasteiger partial charge >= 0.3 is 6.16 Å². The van der Waals surface area contributed by atoms with Crippen LogP contribution in [0.1, 0.15) is 11.7 Å². The van der Waals surface area contributed by atoms with Gasteiger partial charge in [-0.25, -0.2) is 4.79 Å². The molecule has 1 atom stereocenters. The number of carbonyl (C=O) groups excluding carboxylic acids is 1. The normalized spacial score (nSPS) is 21.7. The van der Waals surface area contributed by atoms with Crippen molar-refractivity contribution in [2.45, 2.75) is 6.10 Å². The topological polar surface area (TPSA) is 35.5 Å². The quantitative estimate of drug-likeness (QED) is 0.594. The van der Waals surface area contributed by atoms with E-state index in [-0.39, 0.29) is 6.10 Å². The zero-order valence-electron chi connectivity index (χ0n) is 6.40. The molecule has 1 aromatic rings. The molecule has 1 saturated heterocycles. The summed E-state index contributed by atoms with van der Waals surface area (Å²) in [6.45, 7) is 0.322. The molecular weight excluding hydrogens is 156 g/mol. The zero-order chi connectivity index (χ0) is 8.39. The molecular formula is C9H8O3. The molecule has 0 radical (unpaired) electrons. The van der Waals surface area contributed by atoms with Crippen LogP contribution in [0.25, 0.3) is 0 Å². The Labute approximate surface area is 69.9 Å². The second kappa shape index (κ2) is 2.85. The maximum atomic E-state index is 10.6. The average Bonchev–Trinajstić information content (AvgIpc) is 2.54. The van der Waals surface area contributed by atoms with Gasteiger partial charge in [-0.2, -0.15) is 0 Å². The van der Waals surface area contributed by atoms with Crippen LogP contribution >= 0.6 is 0 Å². The molecule has 0 saturated carbocycles. The van der Waals surface area contributed by atoms with Gasteiger partial charge in [0.1, 0.15) is 6.61 Å². The van der Waals surface area contributed by atoms with E-state index in [1.807, 2.05) is 30.3 Å². The van der Waals surface area contributed by atoms with Gasteiger partial charge < -0.3 is 9.47 Å². The third kappa shape index (κ3) is 1.25. The van der Waals surface area contributed by atoms with Crippen LogP contribution in [-0.4, -0.2) is 12.8 Å². The third-order valence-electron chi connectivity index (χ3n) is 1.76. The van der Waals surface area contributed by atoms with Crippen LogP contribution < -0.4 is 0 Å². The fourth-order valence-electron chi connectivity index (χ4n) is 1.16. The summed E-state index contributed by atoms with van der Waals surface area (Å²) in [4.78, 5) is 10.6. The van der Waals surface area contributed by atoms with E-state index < -0.39 is 6.16 Å². The van der Waals surface area contributed by atoms with E-state index in [0.29, 0.717) is 6.61 Å². The second-order valence-electron chi connectivity index (χ2n) is 2.58. The Morgan fingerprint density at radius 3 is 2.58 bits per heavy atom. The first-order valence-electron chi connectivity index (χ1n) is 3.74. The highest BCUT2D eigenvalue weighted by molar-refractivity contribution is 5.62. The minimum atomic E-state index is -0.580. The van der Waals surface area contributed by atoms with Crippen molar-refractivity contribution in [2.75, 3.05) is 6.61 Å². The van der Waals surface area contributed by atoms with E-state index in [1.165, 1.54) is 0 Å². The molecule has 0 N–H and O–H groups in total. The minimum Gasteiger partial charge on any atom is -0.430 e. The van der Waals surface area contributed by atoms with Gasteiger partial charge in [0.25, 0.3) is 0 Å². The van der Waals surface area contributed by atoms with Crippen LogP contribution in [-0.2, 0) is 9.47 Å². The summed E-state index contributed by atoms with van der Waals surface area (Å²) in [5.41, 5.74) is 0.975. The number of carbonyl (C=O) groups is 1. The van der Waals surface area contributed by atoms with Crippen LogP contribution in [0.4, 0.5) is 4.79 Å². The van der Waals surface area contributed by atoms with Crippen molar-refractivity contribution in [1.82, 2.24) is 0 Å². The van der Waals surface area contributed by atoms with Gasteiger partial charge in [-0.3, -0.25) is 0 Å². The molecule has 1 heterocycles. The van der Waals surface area contributed by atoms with Crippen molar-refractivity contribution in [3.05, 3.63) is 35.9 Å².